The number of methoxy groups -OCH3 is 2. The zero-order valence-corrected chi connectivity index (χ0v) is 18.0. The van der Waals surface area contributed by atoms with Crippen LogP contribution in [-0.2, 0) is 22.9 Å². The van der Waals surface area contributed by atoms with E-state index < -0.39 is 16.0 Å². The predicted molar refractivity (Wildman–Crippen MR) is 118 cm³/mol. The molecule has 3 aromatic carbocycles. The third kappa shape index (κ3) is 5.35. The number of nitrogens with one attached hydrogen (secondary N) is 1. The van der Waals surface area contributed by atoms with Gasteiger partial charge in [0, 0.05) is 11.8 Å². The van der Waals surface area contributed by atoms with Gasteiger partial charge in [-0.3, -0.25) is 4.72 Å². The Kier molecular flexibility index (Phi) is 6.81. The Hall–Kier alpha value is -3.52. The Bertz CT molecular complexity index is 1170. The van der Waals surface area contributed by atoms with Gasteiger partial charge in [0.15, 0.2) is 0 Å². The van der Waals surface area contributed by atoms with Gasteiger partial charge in [-0.1, -0.05) is 30.3 Å². The van der Waals surface area contributed by atoms with Crippen LogP contribution in [0.15, 0.2) is 71.6 Å². The summed E-state index contributed by atoms with van der Waals surface area (Å²) in [6, 6.07) is 18.4. The summed E-state index contributed by atoms with van der Waals surface area (Å²) in [6.45, 7) is 0. The lowest BCUT2D eigenvalue weighted by Crippen LogP contribution is -2.14. The Labute approximate surface area is 181 Å². The minimum Gasteiger partial charge on any atom is -0.497 e. The molecule has 3 aromatic rings. The SMILES string of the molecule is COc1ccc(OC)c(S(=O)(=O)Nc2ccc(CCc3ccccc3C(=O)O)cc2)c1. The van der Waals surface area contributed by atoms with Gasteiger partial charge in [0.25, 0.3) is 10.0 Å². The van der Waals surface area contributed by atoms with E-state index in [9.17, 15) is 18.3 Å². The normalized spacial score (nSPS) is 11.0. The molecular weight excluding hydrogens is 418 g/mol. The van der Waals surface area contributed by atoms with Gasteiger partial charge in [-0.05, 0) is 54.3 Å². The molecule has 8 heteroatoms. The third-order valence-corrected chi connectivity index (χ3v) is 6.20. The number of anilines is 1. The molecule has 2 N–H and O–H groups in total. The summed E-state index contributed by atoms with van der Waals surface area (Å²) in [5.74, 6) is -0.339. The van der Waals surface area contributed by atoms with Crippen LogP contribution in [-0.4, -0.2) is 33.7 Å². The Balaban J connectivity index is 1.73. The molecule has 0 aromatic heterocycles. The summed E-state index contributed by atoms with van der Waals surface area (Å²) >= 11 is 0. The molecule has 0 aliphatic heterocycles. The summed E-state index contributed by atoms with van der Waals surface area (Å²) in [5.41, 5.74) is 2.41. The maximum atomic E-state index is 12.8. The van der Waals surface area contributed by atoms with Crippen molar-refractivity contribution in [2.75, 3.05) is 18.9 Å². The number of carbonyl (C=O) groups is 1. The van der Waals surface area contributed by atoms with Gasteiger partial charge in [0.05, 0.1) is 19.8 Å². The van der Waals surface area contributed by atoms with Gasteiger partial charge >= 0.3 is 5.97 Å². The molecule has 0 spiro atoms. The van der Waals surface area contributed by atoms with Crippen molar-refractivity contribution in [1.82, 2.24) is 0 Å². The second-order valence-corrected chi connectivity index (χ2v) is 8.43. The van der Waals surface area contributed by atoms with Crippen molar-refractivity contribution in [2.45, 2.75) is 17.7 Å². The number of benzene rings is 3. The highest BCUT2D eigenvalue weighted by Gasteiger charge is 2.21. The number of hydrogen-bond donors (Lipinski definition) is 2. The summed E-state index contributed by atoms with van der Waals surface area (Å²) in [6.07, 6.45) is 1.19. The first kappa shape index (κ1) is 22.2. The number of carboxylic acid groups (broad SMARTS) is 1. The van der Waals surface area contributed by atoms with Crippen molar-refractivity contribution in [3.8, 4) is 11.5 Å². The molecule has 0 heterocycles. The fraction of sp³-hybridized carbons (Fsp3) is 0.174. The van der Waals surface area contributed by atoms with E-state index in [1.165, 1.54) is 26.4 Å². The summed E-state index contributed by atoms with van der Waals surface area (Å²) in [5, 5.41) is 9.29. The average Bonchev–Trinajstić information content (AvgIpc) is 2.78. The molecule has 0 atom stereocenters. The second kappa shape index (κ2) is 9.53. The average molecular weight is 442 g/mol. The van der Waals surface area contributed by atoms with Crippen LogP contribution in [0.2, 0.25) is 0 Å². The van der Waals surface area contributed by atoms with Gasteiger partial charge < -0.3 is 14.6 Å². The van der Waals surface area contributed by atoms with Gasteiger partial charge in [-0.2, -0.15) is 0 Å². The van der Waals surface area contributed by atoms with Gasteiger partial charge in [0.2, 0.25) is 0 Å². The number of rotatable bonds is 9. The highest BCUT2D eigenvalue weighted by molar-refractivity contribution is 7.92. The molecular formula is C23H23NO6S. The van der Waals surface area contributed by atoms with E-state index >= 15 is 0 Å². The van der Waals surface area contributed by atoms with Crippen LogP contribution in [0.4, 0.5) is 5.69 Å². The lowest BCUT2D eigenvalue weighted by molar-refractivity contribution is 0.0695. The smallest absolute Gasteiger partial charge is 0.335 e. The lowest BCUT2D eigenvalue weighted by Gasteiger charge is -2.13. The molecule has 3 rings (SSSR count). The first-order valence-electron chi connectivity index (χ1n) is 9.49. The van der Waals surface area contributed by atoms with E-state index in [1.807, 2.05) is 18.2 Å². The van der Waals surface area contributed by atoms with Crippen molar-refractivity contribution in [3.63, 3.8) is 0 Å². The van der Waals surface area contributed by atoms with E-state index in [-0.39, 0.29) is 10.6 Å². The summed E-state index contributed by atoms with van der Waals surface area (Å²) in [7, 11) is -1.03. The molecule has 0 saturated carbocycles. The molecule has 0 bridgehead atoms. The second-order valence-electron chi connectivity index (χ2n) is 6.78. The van der Waals surface area contributed by atoms with Crippen LogP contribution in [0.5, 0.6) is 11.5 Å². The Morgan fingerprint density at radius 1 is 0.935 bits per heavy atom. The van der Waals surface area contributed by atoms with E-state index in [0.29, 0.717) is 29.8 Å². The van der Waals surface area contributed by atoms with Crippen LogP contribution >= 0.6 is 0 Å². The zero-order chi connectivity index (χ0) is 22.4. The largest absolute Gasteiger partial charge is 0.497 e. The van der Waals surface area contributed by atoms with Crippen molar-refractivity contribution in [1.29, 1.82) is 0 Å². The lowest BCUT2D eigenvalue weighted by atomic mass is 10.00. The first-order chi connectivity index (χ1) is 14.8. The molecule has 7 nitrogen and oxygen atoms in total. The van der Waals surface area contributed by atoms with Crippen molar-refractivity contribution in [3.05, 3.63) is 83.4 Å². The highest BCUT2D eigenvalue weighted by Crippen LogP contribution is 2.29. The fourth-order valence-electron chi connectivity index (χ4n) is 3.17. The Morgan fingerprint density at radius 3 is 2.29 bits per heavy atom. The topological polar surface area (TPSA) is 102 Å². The van der Waals surface area contributed by atoms with E-state index in [4.69, 9.17) is 9.47 Å². The molecule has 0 amide bonds. The standard InChI is InChI=1S/C23H23NO6S/c1-29-19-13-14-21(30-2)22(15-19)31(27,28)24-18-11-8-16(9-12-18)7-10-17-5-3-4-6-20(17)23(25)26/h3-6,8-9,11-15,24H,7,10H2,1-2H3,(H,25,26). The molecule has 0 fully saturated rings. The number of ether oxygens (including phenoxy) is 2. The van der Waals surface area contributed by atoms with Crippen molar-refractivity contribution >= 4 is 21.7 Å². The molecule has 0 unspecified atom stereocenters. The molecule has 162 valence electrons. The fourth-order valence-corrected chi connectivity index (χ4v) is 4.41. The monoisotopic (exact) mass is 441 g/mol. The van der Waals surface area contributed by atoms with Crippen LogP contribution < -0.4 is 14.2 Å². The quantitative estimate of drug-likeness (QED) is 0.521. The first-order valence-corrected chi connectivity index (χ1v) is 11.0. The van der Waals surface area contributed by atoms with E-state index in [0.717, 1.165) is 11.1 Å². The van der Waals surface area contributed by atoms with Crippen LogP contribution in [0.1, 0.15) is 21.5 Å². The van der Waals surface area contributed by atoms with Crippen LogP contribution in [0.3, 0.4) is 0 Å². The maximum absolute atomic E-state index is 12.8. The number of aromatic carboxylic acids is 1. The zero-order valence-electron chi connectivity index (χ0n) is 17.2. The number of carboxylic acids is 1. The van der Waals surface area contributed by atoms with Crippen molar-refractivity contribution < 1.29 is 27.8 Å². The highest BCUT2D eigenvalue weighted by atomic mass is 32.2. The van der Waals surface area contributed by atoms with Gasteiger partial charge in [0.1, 0.15) is 16.4 Å². The van der Waals surface area contributed by atoms with Crippen molar-refractivity contribution in [2.24, 2.45) is 0 Å². The van der Waals surface area contributed by atoms with E-state index in [1.54, 1.807) is 36.4 Å². The molecule has 0 aliphatic carbocycles. The molecule has 31 heavy (non-hydrogen) atoms. The third-order valence-electron chi connectivity index (χ3n) is 4.80. The summed E-state index contributed by atoms with van der Waals surface area (Å²) < 4.78 is 38.5. The van der Waals surface area contributed by atoms with E-state index in [2.05, 4.69) is 4.72 Å². The minimum atomic E-state index is -3.89. The number of sulfonamides is 1. The number of hydrogen-bond acceptors (Lipinski definition) is 5. The molecule has 0 aliphatic rings. The molecule has 0 saturated heterocycles. The molecule has 0 radical (unpaired) electrons. The Morgan fingerprint density at radius 2 is 1.65 bits per heavy atom. The predicted octanol–water partition coefficient (Wildman–Crippen LogP) is 3.99. The van der Waals surface area contributed by atoms with Crippen LogP contribution in [0, 0.1) is 0 Å². The summed E-state index contributed by atoms with van der Waals surface area (Å²) in [4.78, 5) is 11.3. The minimum absolute atomic E-state index is 0.0243. The van der Waals surface area contributed by atoms with Crippen LogP contribution in [0.25, 0.3) is 0 Å². The van der Waals surface area contributed by atoms with Gasteiger partial charge in [-0.25, -0.2) is 13.2 Å². The number of aryl methyl sites for hydroxylation is 2. The maximum Gasteiger partial charge on any atom is 0.335 e. The van der Waals surface area contributed by atoms with Gasteiger partial charge in [-0.15, -0.1) is 0 Å².